The van der Waals surface area contributed by atoms with E-state index in [2.05, 4.69) is 20.8 Å². The molecule has 2 heteroatoms. The SMILES string of the molecule is CC(C)(C)OCC(N)C1CCCCCC1. The van der Waals surface area contributed by atoms with Gasteiger partial charge in [-0.15, -0.1) is 0 Å². The number of rotatable bonds is 3. The third-order valence-electron chi connectivity index (χ3n) is 3.21. The molecule has 2 nitrogen and oxygen atoms in total. The van der Waals surface area contributed by atoms with Crippen LogP contribution in [0.1, 0.15) is 59.3 Å². The molecule has 1 fully saturated rings. The normalized spacial score (nSPS) is 22.4. The first-order chi connectivity index (χ1) is 6.99. The van der Waals surface area contributed by atoms with Crippen LogP contribution in [-0.2, 0) is 4.74 Å². The van der Waals surface area contributed by atoms with Crippen LogP contribution >= 0.6 is 0 Å². The van der Waals surface area contributed by atoms with Gasteiger partial charge in [0, 0.05) is 6.04 Å². The molecule has 1 aliphatic rings. The summed E-state index contributed by atoms with van der Waals surface area (Å²) in [5.41, 5.74) is 6.15. The average molecular weight is 213 g/mol. The van der Waals surface area contributed by atoms with Crippen LogP contribution in [-0.4, -0.2) is 18.2 Å². The summed E-state index contributed by atoms with van der Waals surface area (Å²) >= 11 is 0. The van der Waals surface area contributed by atoms with Crippen LogP contribution < -0.4 is 5.73 Å². The van der Waals surface area contributed by atoms with Crippen LogP contribution in [0.5, 0.6) is 0 Å². The maximum atomic E-state index is 6.20. The highest BCUT2D eigenvalue weighted by Crippen LogP contribution is 2.25. The summed E-state index contributed by atoms with van der Waals surface area (Å²) in [4.78, 5) is 0. The van der Waals surface area contributed by atoms with E-state index in [0.717, 1.165) is 0 Å². The van der Waals surface area contributed by atoms with Crippen LogP contribution in [0, 0.1) is 5.92 Å². The molecule has 0 bridgehead atoms. The summed E-state index contributed by atoms with van der Waals surface area (Å²) in [7, 11) is 0. The fourth-order valence-electron chi connectivity index (χ4n) is 2.22. The average Bonchev–Trinajstić information content (AvgIpc) is 2.41. The summed E-state index contributed by atoms with van der Waals surface area (Å²) < 4.78 is 5.76. The molecule has 0 aromatic rings. The summed E-state index contributed by atoms with van der Waals surface area (Å²) in [6.07, 6.45) is 8.10. The Morgan fingerprint density at radius 1 is 1.13 bits per heavy atom. The highest BCUT2D eigenvalue weighted by Gasteiger charge is 2.21. The standard InChI is InChI=1S/C13H27NO/c1-13(2,3)15-10-12(14)11-8-6-4-5-7-9-11/h11-12H,4-10,14H2,1-3H3. The maximum Gasteiger partial charge on any atom is 0.0627 e. The molecule has 1 unspecified atom stereocenters. The van der Waals surface area contributed by atoms with Crippen molar-refractivity contribution in [1.29, 1.82) is 0 Å². The predicted molar refractivity (Wildman–Crippen MR) is 64.9 cm³/mol. The monoisotopic (exact) mass is 213 g/mol. The van der Waals surface area contributed by atoms with E-state index in [-0.39, 0.29) is 11.6 Å². The number of nitrogens with two attached hydrogens (primary N) is 1. The Bertz CT molecular complexity index is 166. The first kappa shape index (κ1) is 13.0. The van der Waals surface area contributed by atoms with Gasteiger partial charge in [0.25, 0.3) is 0 Å². The number of hydrogen-bond acceptors (Lipinski definition) is 2. The lowest BCUT2D eigenvalue weighted by molar-refractivity contribution is -0.0175. The van der Waals surface area contributed by atoms with Crippen molar-refractivity contribution in [2.24, 2.45) is 11.7 Å². The maximum absolute atomic E-state index is 6.20. The molecule has 0 radical (unpaired) electrons. The zero-order valence-corrected chi connectivity index (χ0v) is 10.6. The van der Waals surface area contributed by atoms with Gasteiger partial charge in [-0.2, -0.15) is 0 Å². The Kier molecular flexibility index (Phi) is 5.07. The Morgan fingerprint density at radius 3 is 2.13 bits per heavy atom. The second-order valence-electron chi connectivity index (χ2n) is 5.84. The second-order valence-corrected chi connectivity index (χ2v) is 5.84. The molecule has 1 saturated carbocycles. The molecule has 0 amide bonds. The molecule has 0 saturated heterocycles. The van der Waals surface area contributed by atoms with E-state index in [9.17, 15) is 0 Å². The van der Waals surface area contributed by atoms with Crippen LogP contribution in [0.25, 0.3) is 0 Å². The van der Waals surface area contributed by atoms with Crippen LogP contribution in [0.3, 0.4) is 0 Å². The van der Waals surface area contributed by atoms with Crippen molar-refractivity contribution in [3.05, 3.63) is 0 Å². The molecule has 0 aromatic carbocycles. The van der Waals surface area contributed by atoms with Crippen LogP contribution in [0.2, 0.25) is 0 Å². The first-order valence-electron chi connectivity index (χ1n) is 6.38. The Hall–Kier alpha value is -0.0800. The predicted octanol–water partition coefficient (Wildman–Crippen LogP) is 3.10. The van der Waals surface area contributed by atoms with Crippen molar-refractivity contribution in [3.63, 3.8) is 0 Å². The van der Waals surface area contributed by atoms with E-state index in [0.29, 0.717) is 12.5 Å². The van der Waals surface area contributed by atoms with Gasteiger partial charge in [0.15, 0.2) is 0 Å². The molecule has 0 aliphatic heterocycles. The van der Waals surface area contributed by atoms with Gasteiger partial charge in [0.2, 0.25) is 0 Å². The van der Waals surface area contributed by atoms with Crippen molar-refractivity contribution in [1.82, 2.24) is 0 Å². The number of hydrogen-bond donors (Lipinski definition) is 1. The Balaban J connectivity index is 2.28. The third-order valence-corrected chi connectivity index (χ3v) is 3.21. The number of ether oxygens (including phenoxy) is 1. The minimum absolute atomic E-state index is 0.0532. The molecule has 0 spiro atoms. The summed E-state index contributed by atoms with van der Waals surface area (Å²) in [5.74, 6) is 0.690. The van der Waals surface area contributed by atoms with E-state index in [1.165, 1.54) is 38.5 Å². The van der Waals surface area contributed by atoms with E-state index in [1.54, 1.807) is 0 Å². The summed E-state index contributed by atoms with van der Waals surface area (Å²) in [5, 5.41) is 0. The third kappa shape index (κ3) is 5.53. The molecule has 15 heavy (non-hydrogen) atoms. The van der Waals surface area contributed by atoms with Gasteiger partial charge < -0.3 is 10.5 Å². The zero-order valence-electron chi connectivity index (χ0n) is 10.6. The lowest BCUT2D eigenvalue weighted by atomic mass is 9.93. The topological polar surface area (TPSA) is 35.2 Å². The van der Waals surface area contributed by atoms with Crippen molar-refractivity contribution < 1.29 is 4.74 Å². The van der Waals surface area contributed by atoms with Gasteiger partial charge in [-0.3, -0.25) is 0 Å². The fourth-order valence-corrected chi connectivity index (χ4v) is 2.22. The zero-order chi connectivity index (χ0) is 11.3. The second kappa shape index (κ2) is 5.86. The molecule has 0 heterocycles. The van der Waals surface area contributed by atoms with E-state index in [1.807, 2.05) is 0 Å². The molecule has 1 atom stereocenters. The van der Waals surface area contributed by atoms with Crippen molar-refractivity contribution in [2.75, 3.05) is 6.61 Å². The van der Waals surface area contributed by atoms with Gasteiger partial charge in [0.1, 0.15) is 0 Å². The highest BCUT2D eigenvalue weighted by molar-refractivity contribution is 4.76. The van der Waals surface area contributed by atoms with Gasteiger partial charge in [0.05, 0.1) is 12.2 Å². The smallest absolute Gasteiger partial charge is 0.0627 e. The van der Waals surface area contributed by atoms with Gasteiger partial charge in [-0.05, 0) is 39.5 Å². The molecule has 90 valence electrons. The molecule has 1 aliphatic carbocycles. The van der Waals surface area contributed by atoms with Gasteiger partial charge >= 0.3 is 0 Å². The van der Waals surface area contributed by atoms with Crippen molar-refractivity contribution in [3.8, 4) is 0 Å². The van der Waals surface area contributed by atoms with E-state index in [4.69, 9.17) is 10.5 Å². The summed E-state index contributed by atoms with van der Waals surface area (Å²) in [6.45, 7) is 6.99. The van der Waals surface area contributed by atoms with Crippen molar-refractivity contribution in [2.45, 2.75) is 70.9 Å². The molecular weight excluding hydrogens is 186 g/mol. The minimum atomic E-state index is -0.0532. The largest absolute Gasteiger partial charge is 0.374 e. The fraction of sp³-hybridized carbons (Fsp3) is 1.00. The first-order valence-corrected chi connectivity index (χ1v) is 6.38. The minimum Gasteiger partial charge on any atom is -0.374 e. The highest BCUT2D eigenvalue weighted by atomic mass is 16.5. The molecule has 2 N–H and O–H groups in total. The Labute approximate surface area is 94.6 Å². The molecule has 0 aromatic heterocycles. The van der Waals surface area contributed by atoms with E-state index < -0.39 is 0 Å². The van der Waals surface area contributed by atoms with E-state index >= 15 is 0 Å². The van der Waals surface area contributed by atoms with Gasteiger partial charge in [-0.25, -0.2) is 0 Å². The Morgan fingerprint density at radius 2 is 1.67 bits per heavy atom. The quantitative estimate of drug-likeness (QED) is 0.731. The summed E-state index contributed by atoms with van der Waals surface area (Å²) in [6, 6.07) is 0.238. The van der Waals surface area contributed by atoms with Crippen molar-refractivity contribution >= 4 is 0 Å². The van der Waals surface area contributed by atoms with Gasteiger partial charge in [-0.1, -0.05) is 25.7 Å². The van der Waals surface area contributed by atoms with Crippen LogP contribution in [0.15, 0.2) is 0 Å². The lowest BCUT2D eigenvalue weighted by Crippen LogP contribution is -2.37. The lowest BCUT2D eigenvalue weighted by Gasteiger charge is -2.27. The molecule has 1 rings (SSSR count). The molecular formula is C13H27NO. The van der Waals surface area contributed by atoms with Crippen LogP contribution in [0.4, 0.5) is 0 Å².